The average molecular weight is 526 g/mol. The number of guanidine groups is 1. The molecule has 0 bridgehead atoms. The van der Waals surface area contributed by atoms with Crippen LogP contribution in [-0.4, -0.2) is 42.3 Å². The van der Waals surface area contributed by atoms with Gasteiger partial charge in [0.15, 0.2) is 5.96 Å². The van der Waals surface area contributed by atoms with Crippen LogP contribution in [0.3, 0.4) is 0 Å². The highest BCUT2D eigenvalue weighted by Gasteiger charge is 2.34. The highest BCUT2D eigenvalue weighted by atomic mass is 127. The average Bonchev–Trinajstić information content (AvgIpc) is 3.31. The van der Waals surface area contributed by atoms with Crippen molar-refractivity contribution in [3.8, 4) is 0 Å². The third kappa shape index (κ3) is 5.79. The minimum absolute atomic E-state index is 0. The van der Waals surface area contributed by atoms with E-state index in [2.05, 4.69) is 34.0 Å². The summed E-state index contributed by atoms with van der Waals surface area (Å²) in [5.41, 5.74) is 1.01. The molecule has 1 aromatic heterocycles. The molecule has 0 saturated heterocycles. The second-order valence-electron chi connectivity index (χ2n) is 6.66. The Balaban J connectivity index is 0.00000300. The van der Waals surface area contributed by atoms with Crippen molar-refractivity contribution >= 4 is 53.1 Å². The Hall–Kier alpha value is -1.94. The Kier molecular flexibility index (Phi) is 9.09. The quantitative estimate of drug-likeness (QED) is 0.179. The molecule has 1 aromatic carbocycles. The zero-order valence-electron chi connectivity index (χ0n) is 16.7. The van der Waals surface area contributed by atoms with Crippen molar-refractivity contribution in [3.63, 3.8) is 0 Å². The van der Waals surface area contributed by atoms with Gasteiger partial charge in [-0.15, -0.1) is 35.3 Å². The summed E-state index contributed by atoms with van der Waals surface area (Å²) in [6.07, 6.45) is 1.53. The Morgan fingerprint density at radius 2 is 1.79 bits per heavy atom. The third-order valence-electron chi connectivity index (χ3n) is 4.61. The van der Waals surface area contributed by atoms with Crippen LogP contribution >= 0.6 is 35.3 Å². The second-order valence-corrected chi connectivity index (χ2v) is 7.64. The molecule has 29 heavy (non-hydrogen) atoms. The number of carbonyl (C=O) groups is 2. The van der Waals surface area contributed by atoms with Crippen LogP contribution in [0.15, 0.2) is 46.8 Å². The maximum absolute atomic E-state index is 12.4. The summed E-state index contributed by atoms with van der Waals surface area (Å²) in [6, 6.07) is 11.3. The molecule has 1 atom stereocenters. The Labute approximate surface area is 192 Å². The molecule has 1 aliphatic heterocycles. The van der Waals surface area contributed by atoms with Crippen LogP contribution in [-0.2, 0) is 0 Å². The normalized spacial score (nSPS) is 14.4. The number of aliphatic imine (C=N–C) groups is 1. The summed E-state index contributed by atoms with van der Waals surface area (Å²) in [6.45, 7) is 6.00. The van der Waals surface area contributed by atoms with Crippen molar-refractivity contribution in [3.05, 3.63) is 57.8 Å². The second kappa shape index (κ2) is 11.3. The summed E-state index contributed by atoms with van der Waals surface area (Å²) in [5.74, 6) is 0.400. The highest BCUT2D eigenvalue weighted by molar-refractivity contribution is 14.0. The smallest absolute Gasteiger partial charge is 0.261 e. The minimum Gasteiger partial charge on any atom is -0.357 e. The van der Waals surface area contributed by atoms with Crippen LogP contribution in [0.4, 0.5) is 0 Å². The fraction of sp³-hybridized carbons (Fsp3) is 0.381. The van der Waals surface area contributed by atoms with Gasteiger partial charge in [0, 0.05) is 24.5 Å². The van der Waals surface area contributed by atoms with Gasteiger partial charge in [0.05, 0.1) is 17.2 Å². The van der Waals surface area contributed by atoms with Gasteiger partial charge in [0.25, 0.3) is 11.8 Å². The lowest BCUT2D eigenvalue weighted by molar-refractivity contribution is 0.0652. The van der Waals surface area contributed by atoms with E-state index in [0.29, 0.717) is 24.2 Å². The van der Waals surface area contributed by atoms with Gasteiger partial charge in [0.2, 0.25) is 0 Å². The van der Waals surface area contributed by atoms with Crippen molar-refractivity contribution in [2.45, 2.75) is 32.7 Å². The lowest BCUT2D eigenvalue weighted by Crippen LogP contribution is -2.38. The van der Waals surface area contributed by atoms with Gasteiger partial charge in [-0.3, -0.25) is 19.5 Å². The molecule has 0 spiro atoms. The van der Waals surface area contributed by atoms with Crippen LogP contribution in [0.5, 0.6) is 0 Å². The number of rotatable bonds is 8. The third-order valence-corrected chi connectivity index (χ3v) is 5.66. The van der Waals surface area contributed by atoms with E-state index in [4.69, 9.17) is 0 Å². The van der Waals surface area contributed by atoms with E-state index in [9.17, 15) is 9.59 Å². The highest BCUT2D eigenvalue weighted by Crippen LogP contribution is 2.22. The molecule has 156 valence electrons. The molecule has 0 saturated carbocycles. The lowest BCUT2D eigenvalue weighted by atomic mass is 10.1. The van der Waals surface area contributed by atoms with Crippen molar-refractivity contribution in [2.75, 3.05) is 19.6 Å². The number of hydrogen-bond acceptors (Lipinski definition) is 4. The number of amides is 2. The number of nitrogens with zero attached hydrogens (tertiary/aromatic N) is 2. The maximum Gasteiger partial charge on any atom is 0.261 e. The van der Waals surface area contributed by atoms with Crippen LogP contribution < -0.4 is 10.6 Å². The van der Waals surface area contributed by atoms with Crippen LogP contribution in [0.1, 0.15) is 58.3 Å². The standard InChI is InChI=1S/C21H26N4O2S.HI/c1-3-22-21(24-15(2)18-11-8-14-28-18)23-12-6-7-13-25-19(26)16-9-4-5-10-17(16)20(25)27;/h4-5,8-11,14-15H,3,6-7,12-13H2,1-2H3,(H2,22,23,24);1H. The van der Waals surface area contributed by atoms with Crippen molar-refractivity contribution in [2.24, 2.45) is 4.99 Å². The number of imide groups is 1. The van der Waals surface area contributed by atoms with E-state index in [1.54, 1.807) is 35.6 Å². The van der Waals surface area contributed by atoms with Crippen LogP contribution in [0.2, 0.25) is 0 Å². The SMILES string of the molecule is CCNC(=NCCCCN1C(=O)c2ccccc2C1=O)NC(C)c1cccs1.I. The molecule has 6 nitrogen and oxygen atoms in total. The molecule has 3 rings (SSSR count). The van der Waals surface area contributed by atoms with Gasteiger partial charge in [-0.25, -0.2) is 0 Å². The lowest BCUT2D eigenvalue weighted by Gasteiger charge is -2.17. The zero-order chi connectivity index (χ0) is 19.9. The minimum atomic E-state index is -0.191. The molecule has 0 radical (unpaired) electrons. The van der Waals surface area contributed by atoms with Gasteiger partial charge in [-0.2, -0.15) is 0 Å². The molecule has 2 amide bonds. The molecule has 0 fully saturated rings. The predicted molar refractivity (Wildman–Crippen MR) is 128 cm³/mol. The molecule has 2 aromatic rings. The van der Waals surface area contributed by atoms with E-state index >= 15 is 0 Å². The number of nitrogens with one attached hydrogen (secondary N) is 2. The van der Waals surface area contributed by atoms with E-state index < -0.39 is 0 Å². The molecule has 0 aliphatic carbocycles. The first-order chi connectivity index (χ1) is 13.6. The molecule has 1 unspecified atom stereocenters. The number of hydrogen-bond donors (Lipinski definition) is 2. The molecular formula is C21H27IN4O2S. The zero-order valence-corrected chi connectivity index (χ0v) is 19.8. The largest absolute Gasteiger partial charge is 0.357 e. The molecular weight excluding hydrogens is 499 g/mol. The summed E-state index contributed by atoms with van der Waals surface area (Å²) < 4.78 is 0. The fourth-order valence-electron chi connectivity index (χ4n) is 3.15. The Morgan fingerprint density at radius 1 is 1.10 bits per heavy atom. The first-order valence-corrected chi connectivity index (χ1v) is 10.5. The van der Waals surface area contributed by atoms with Crippen molar-refractivity contribution < 1.29 is 9.59 Å². The summed E-state index contributed by atoms with van der Waals surface area (Å²) in [4.78, 5) is 31.9. The van der Waals surface area contributed by atoms with E-state index in [-0.39, 0.29) is 41.8 Å². The first kappa shape index (κ1) is 23.3. The van der Waals surface area contributed by atoms with E-state index in [0.717, 1.165) is 25.3 Å². The summed E-state index contributed by atoms with van der Waals surface area (Å²) in [7, 11) is 0. The van der Waals surface area contributed by atoms with Crippen LogP contribution in [0, 0.1) is 0 Å². The molecule has 2 heterocycles. The Bertz CT molecular complexity index is 819. The van der Waals surface area contributed by atoms with E-state index in [1.165, 1.54) is 9.78 Å². The monoisotopic (exact) mass is 526 g/mol. The van der Waals surface area contributed by atoms with Crippen LogP contribution in [0.25, 0.3) is 0 Å². The maximum atomic E-state index is 12.4. The summed E-state index contributed by atoms with van der Waals surface area (Å²) >= 11 is 1.72. The number of unbranched alkanes of at least 4 members (excludes halogenated alkanes) is 1. The fourth-order valence-corrected chi connectivity index (χ4v) is 3.88. The predicted octanol–water partition coefficient (Wildman–Crippen LogP) is 4.06. The number of fused-ring (bicyclic) bond motifs is 1. The molecule has 8 heteroatoms. The number of halogens is 1. The number of benzene rings is 1. The van der Waals surface area contributed by atoms with Gasteiger partial charge >= 0.3 is 0 Å². The number of carbonyl (C=O) groups excluding carboxylic acids is 2. The van der Waals surface area contributed by atoms with Crippen molar-refractivity contribution in [1.82, 2.24) is 15.5 Å². The van der Waals surface area contributed by atoms with Gasteiger partial charge in [-0.1, -0.05) is 18.2 Å². The molecule has 2 N–H and O–H groups in total. The van der Waals surface area contributed by atoms with Gasteiger partial charge in [0.1, 0.15) is 0 Å². The Morgan fingerprint density at radius 3 is 2.38 bits per heavy atom. The summed E-state index contributed by atoms with van der Waals surface area (Å²) in [5, 5.41) is 8.73. The topological polar surface area (TPSA) is 73.8 Å². The first-order valence-electron chi connectivity index (χ1n) is 9.65. The van der Waals surface area contributed by atoms with Gasteiger partial charge in [-0.05, 0) is 50.3 Å². The van der Waals surface area contributed by atoms with Gasteiger partial charge < -0.3 is 10.6 Å². The molecule has 1 aliphatic rings. The van der Waals surface area contributed by atoms with E-state index in [1.807, 2.05) is 13.0 Å². The van der Waals surface area contributed by atoms with Crippen molar-refractivity contribution in [1.29, 1.82) is 0 Å². The number of thiophene rings is 1.